The summed E-state index contributed by atoms with van der Waals surface area (Å²) in [5, 5.41) is 10.3. The highest BCUT2D eigenvalue weighted by Crippen LogP contribution is 2.22. The average molecular weight is 278 g/mol. The van der Waals surface area contributed by atoms with Crippen LogP contribution in [-0.4, -0.2) is 42.7 Å². The molecule has 110 valence electrons. The van der Waals surface area contributed by atoms with E-state index in [-0.39, 0.29) is 11.8 Å². The lowest BCUT2D eigenvalue weighted by atomic mass is 9.96. The molecule has 20 heavy (non-hydrogen) atoms. The molecule has 0 aliphatic carbocycles. The van der Waals surface area contributed by atoms with Crippen LogP contribution in [0.3, 0.4) is 0 Å². The second-order valence-corrected chi connectivity index (χ2v) is 5.27. The van der Waals surface area contributed by atoms with E-state index in [1.807, 2.05) is 24.3 Å². The Hall–Kier alpha value is -1.59. The number of hydrogen-bond acceptors (Lipinski definition) is 4. The summed E-state index contributed by atoms with van der Waals surface area (Å²) in [5.74, 6) is 0.521. The number of likely N-dealkylation sites (tertiary alicyclic amines) is 1. The van der Waals surface area contributed by atoms with Crippen molar-refractivity contribution in [2.45, 2.75) is 18.9 Å². The van der Waals surface area contributed by atoms with Gasteiger partial charge in [0.1, 0.15) is 5.75 Å². The van der Waals surface area contributed by atoms with Crippen molar-refractivity contribution < 1.29 is 14.6 Å². The van der Waals surface area contributed by atoms with E-state index in [2.05, 4.69) is 4.90 Å². The number of benzene rings is 1. The molecule has 1 unspecified atom stereocenters. The van der Waals surface area contributed by atoms with Gasteiger partial charge in [0, 0.05) is 12.5 Å². The van der Waals surface area contributed by atoms with Crippen molar-refractivity contribution in [3.63, 3.8) is 0 Å². The molecule has 0 aromatic heterocycles. The summed E-state index contributed by atoms with van der Waals surface area (Å²) in [6.07, 6.45) is 1.01. The van der Waals surface area contributed by atoms with Gasteiger partial charge in [-0.1, -0.05) is 12.1 Å². The van der Waals surface area contributed by atoms with Crippen LogP contribution in [0, 0.1) is 5.92 Å². The minimum absolute atomic E-state index is 0.0137. The SMILES string of the molecule is COc1cccc(C(O)CN2CCC(C(N)=O)CC2)c1. The number of nitrogens with two attached hydrogens (primary N) is 1. The van der Waals surface area contributed by atoms with Crippen molar-refractivity contribution in [2.24, 2.45) is 11.7 Å². The predicted molar refractivity (Wildman–Crippen MR) is 76.3 cm³/mol. The summed E-state index contributed by atoms with van der Waals surface area (Å²) >= 11 is 0. The molecule has 1 saturated heterocycles. The number of piperidine rings is 1. The molecule has 3 N–H and O–H groups in total. The Bertz CT molecular complexity index is 456. The quantitative estimate of drug-likeness (QED) is 0.840. The molecule has 1 heterocycles. The van der Waals surface area contributed by atoms with Crippen LogP contribution >= 0.6 is 0 Å². The Morgan fingerprint density at radius 1 is 1.50 bits per heavy atom. The number of primary amides is 1. The zero-order chi connectivity index (χ0) is 14.5. The molecule has 5 heteroatoms. The zero-order valence-electron chi connectivity index (χ0n) is 11.8. The van der Waals surface area contributed by atoms with E-state index in [0.717, 1.165) is 37.2 Å². The monoisotopic (exact) mass is 278 g/mol. The largest absolute Gasteiger partial charge is 0.497 e. The Kier molecular flexibility index (Phi) is 4.98. The van der Waals surface area contributed by atoms with E-state index in [1.165, 1.54) is 0 Å². The minimum atomic E-state index is -0.546. The Morgan fingerprint density at radius 3 is 2.80 bits per heavy atom. The van der Waals surface area contributed by atoms with Crippen LogP contribution < -0.4 is 10.5 Å². The Labute approximate surface area is 119 Å². The van der Waals surface area contributed by atoms with Crippen LogP contribution in [0.2, 0.25) is 0 Å². The number of hydrogen-bond donors (Lipinski definition) is 2. The van der Waals surface area contributed by atoms with E-state index in [1.54, 1.807) is 7.11 Å². The van der Waals surface area contributed by atoms with Gasteiger partial charge in [0.2, 0.25) is 5.91 Å². The lowest BCUT2D eigenvalue weighted by Gasteiger charge is -2.31. The van der Waals surface area contributed by atoms with Crippen molar-refractivity contribution >= 4 is 5.91 Å². The topological polar surface area (TPSA) is 75.8 Å². The lowest BCUT2D eigenvalue weighted by molar-refractivity contribution is -0.123. The molecular formula is C15H22N2O3. The summed E-state index contributed by atoms with van der Waals surface area (Å²) in [6, 6.07) is 7.47. The predicted octanol–water partition coefficient (Wildman–Crippen LogP) is 0.926. The summed E-state index contributed by atoms with van der Waals surface area (Å²) in [6.45, 7) is 2.17. The molecule has 0 saturated carbocycles. The van der Waals surface area contributed by atoms with Gasteiger partial charge in [0.25, 0.3) is 0 Å². The summed E-state index contributed by atoms with van der Waals surface area (Å²) in [4.78, 5) is 13.3. The fraction of sp³-hybridized carbons (Fsp3) is 0.533. The first-order chi connectivity index (χ1) is 9.60. The number of aliphatic hydroxyl groups excluding tert-OH is 1. The van der Waals surface area contributed by atoms with E-state index < -0.39 is 6.10 Å². The second kappa shape index (κ2) is 6.72. The van der Waals surface area contributed by atoms with Gasteiger partial charge in [0.15, 0.2) is 0 Å². The molecule has 1 aliphatic rings. The molecule has 2 rings (SSSR count). The van der Waals surface area contributed by atoms with E-state index >= 15 is 0 Å². The third-order valence-corrected chi connectivity index (χ3v) is 3.90. The van der Waals surface area contributed by atoms with Crippen LogP contribution in [-0.2, 0) is 4.79 Å². The molecule has 1 amide bonds. The Morgan fingerprint density at radius 2 is 2.20 bits per heavy atom. The molecule has 0 spiro atoms. The molecule has 1 atom stereocenters. The van der Waals surface area contributed by atoms with Gasteiger partial charge in [-0.2, -0.15) is 0 Å². The Balaban J connectivity index is 1.88. The van der Waals surface area contributed by atoms with Crippen LogP contribution in [0.4, 0.5) is 0 Å². The smallest absolute Gasteiger partial charge is 0.220 e. The van der Waals surface area contributed by atoms with Crippen LogP contribution in [0.15, 0.2) is 24.3 Å². The van der Waals surface area contributed by atoms with Gasteiger partial charge in [-0.25, -0.2) is 0 Å². The van der Waals surface area contributed by atoms with E-state index in [4.69, 9.17) is 10.5 Å². The number of carbonyl (C=O) groups is 1. The first-order valence-corrected chi connectivity index (χ1v) is 6.94. The van der Waals surface area contributed by atoms with Crippen molar-refractivity contribution in [3.8, 4) is 5.75 Å². The molecule has 1 fully saturated rings. The highest BCUT2D eigenvalue weighted by atomic mass is 16.5. The number of ether oxygens (including phenoxy) is 1. The number of carbonyl (C=O) groups excluding carboxylic acids is 1. The molecule has 1 aromatic carbocycles. The van der Waals surface area contributed by atoms with E-state index in [9.17, 15) is 9.90 Å². The van der Waals surface area contributed by atoms with Crippen molar-refractivity contribution in [3.05, 3.63) is 29.8 Å². The van der Waals surface area contributed by atoms with Crippen molar-refractivity contribution in [1.29, 1.82) is 0 Å². The maximum Gasteiger partial charge on any atom is 0.220 e. The fourth-order valence-electron chi connectivity index (χ4n) is 2.60. The van der Waals surface area contributed by atoms with Gasteiger partial charge in [0.05, 0.1) is 13.2 Å². The number of methoxy groups -OCH3 is 1. The van der Waals surface area contributed by atoms with Crippen LogP contribution in [0.25, 0.3) is 0 Å². The number of amides is 1. The molecule has 5 nitrogen and oxygen atoms in total. The summed E-state index contributed by atoms with van der Waals surface area (Å²) in [5.41, 5.74) is 6.16. The highest BCUT2D eigenvalue weighted by Gasteiger charge is 2.24. The third-order valence-electron chi connectivity index (χ3n) is 3.90. The lowest BCUT2D eigenvalue weighted by Crippen LogP contribution is -2.40. The van der Waals surface area contributed by atoms with Gasteiger partial charge >= 0.3 is 0 Å². The van der Waals surface area contributed by atoms with Crippen LogP contribution in [0.1, 0.15) is 24.5 Å². The van der Waals surface area contributed by atoms with Gasteiger partial charge < -0.3 is 20.5 Å². The minimum Gasteiger partial charge on any atom is -0.497 e. The maximum absolute atomic E-state index is 11.1. The summed E-state index contributed by atoms with van der Waals surface area (Å²) < 4.78 is 5.16. The van der Waals surface area contributed by atoms with Gasteiger partial charge in [-0.3, -0.25) is 4.79 Å². The first-order valence-electron chi connectivity index (χ1n) is 6.94. The molecule has 1 aromatic rings. The number of aliphatic hydroxyl groups is 1. The average Bonchev–Trinajstić information content (AvgIpc) is 2.47. The summed E-state index contributed by atoms with van der Waals surface area (Å²) in [7, 11) is 1.61. The van der Waals surface area contributed by atoms with Gasteiger partial charge in [-0.05, 0) is 43.6 Å². The number of nitrogens with zero attached hydrogens (tertiary/aromatic N) is 1. The van der Waals surface area contributed by atoms with Crippen LogP contribution in [0.5, 0.6) is 5.75 Å². The molecule has 0 radical (unpaired) electrons. The zero-order valence-corrected chi connectivity index (χ0v) is 11.8. The molecular weight excluding hydrogens is 256 g/mol. The second-order valence-electron chi connectivity index (χ2n) is 5.27. The number of β-amino-alcohol motifs (C(OH)–C–C–N with tert-alkyl or cyclic N) is 1. The van der Waals surface area contributed by atoms with Crippen molar-refractivity contribution in [2.75, 3.05) is 26.7 Å². The third kappa shape index (κ3) is 3.71. The first kappa shape index (κ1) is 14.8. The standard InChI is InChI=1S/C15H22N2O3/c1-20-13-4-2-3-12(9-13)14(18)10-17-7-5-11(6-8-17)15(16)19/h2-4,9,11,14,18H,5-8,10H2,1H3,(H2,16,19). The maximum atomic E-state index is 11.1. The van der Waals surface area contributed by atoms with Gasteiger partial charge in [-0.15, -0.1) is 0 Å². The molecule has 1 aliphatic heterocycles. The highest BCUT2D eigenvalue weighted by molar-refractivity contribution is 5.76. The molecule has 0 bridgehead atoms. The number of rotatable bonds is 5. The fourth-order valence-corrected chi connectivity index (χ4v) is 2.60. The van der Waals surface area contributed by atoms with Crippen molar-refractivity contribution in [1.82, 2.24) is 4.90 Å². The normalized spacial score (nSPS) is 18.7. The van der Waals surface area contributed by atoms with E-state index in [0.29, 0.717) is 6.54 Å².